The van der Waals surface area contributed by atoms with Crippen molar-refractivity contribution in [3.8, 4) is 0 Å². The number of carbonyl (C=O) groups is 2. The van der Waals surface area contributed by atoms with E-state index in [1.54, 1.807) is 17.0 Å². The molecule has 0 radical (unpaired) electrons. The van der Waals surface area contributed by atoms with E-state index in [0.29, 0.717) is 13.0 Å². The number of amides is 2. The zero-order valence-electron chi connectivity index (χ0n) is 14.3. The van der Waals surface area contributed by atoms with E-state index in [-0.39, 0.29) is 36.0 Å². The first kappa shape index (κ1) is 18.5. The molecule has 0 aliphatic carbocycles. The van der Waals surface area contributed by atoms with Crippen molar-refractivity contribution in [3.63, 3.8) is 0 Å². The monoisotopic (exact) mass is 375 g/mol. The van der Waals surface area contributed by atoms with Crippen LogP contribution in [0, 0.1) is 0 Å². The minimum atomic E-state index is -0.520. The van der Waals surface area contributed by atoms with Crippen LogP contribution in [0.1, 0.15) is 28.1 Å². The van der Waals surface area contributed by atoms with Crippen LogP contribution in [-0.2, 0) is 17.8 Å². The normalized spacial score (nSPS) is 21.6. The highest BCUT2D eigenvalue weighted by molar-refractivity contribution is 5.96. The van der Waals surface area contributed by atoms with Gasteiger partial charge in [-0.05, 0) is 36.2 Å². The summed E-state index contributed by atoms with van der Waals surface area (Å²) in [4.78, 5) is 27.4. The van der Waals surface area contributed by atoms with Crippen LogP contribution in [0.5, 0.6) is 0 Å². The third-order valence-electron chi connectivity index (χ3n) is 4.95. The minimum absolute atomic E-state index is 0. The molecular formula is C19H22ClN3O3. The molecular weight excluding hydrogens is 354 g/mol. The van der Waals surface area contributed by atoms with Gasteiger partial charge in [-0.15, -0.1) is 12.4 Å². The third-order valence-corrected chi connectivity index (χ3v) is 4.95. The molecule has 4 rings (SSSR count). The van der Waals surface area contributed by atoms with Crippen molar-refractivity contribution in [2.24, 2.45) is 0 Å². The number of benzene rings is 1. The highest BCUT2D eigenvalue weighted by atomic mass is 35.5. The fraction of sp³-hybridized carbons (Fsp3) is 0.368. The smallest absolute Gasteiger partial charge is 0.290 e. The van der Waals surface area contributed by atoms with Crippen molar-refractivity contribution in [2.45, 2.75) is 31.5 Å². The van der Waals surface area contributed by atoms with E-state index in [1.807, 2.05) is 24.3 Å². The lowest BCUT2D eigenvalue weighted by Crippen LogP contribution is -2.54. The molecule has 2 amide bonds. The second-order valence-corrected chi connectivity index (χ2v) is 6.60. The summed E-state index contributed by atoms with van der Waals surface area (Å²) in [6.45, 7) is 2.10. The largest absolute Gasteiger partial charge is 0.459 e. The molecule has 2 aromatic rings. The van der Waals surface area contributed by atoms with Gasteiger partial charge in [0.25, 0.3) is 5.91 Å². The first-order valence-electron chi connectivity index (χ1n) is 8.65. The summed E-state index contributed by atoms with van der Waals surface area (Å²) in [5, 5.41) is 6.33. The minimum Gasteiger partial charge on any atom is -0.459 e. The second-order valence-electron chi connectivity index (χ2n) is 6.60. The first-order chi connectivity index (χ1) is 12.2. The quantitative estimate of drug-likeness (QED) is 0.857. The number of furan rings is 1. The summed E-state index contributed by atoms with van der Waals surface area (Å²) in [5.74, 6) is -0.0768. The summed E-state index contributed by atoms with van der Waals surface area (Å²) >= 11 is 0. The molecule has 2 atom stereocenters. The average Bonchev–Trinajstić information content (AvgIpc) is 3.33. The maximum atomic E-state index is 12.9. The summed E-state index contributed by atoms with van der Waals surface area (Å²) in [7, 11) is 0. The van der Waals surface area contributed by atoms with Crippen LogP contribution in [-0.4, -0.2) is 41.9 Å². The highest BCUT2D eigenvalue weighted by Gasteiger charge is 2.36. The van der Waals surface area contributed by atoms with E-state index in [1.165, 1.54) is 6.26 Å². The van der Waals surface area contributed by atoms with Crippen LogP contribution in [0.4, 0.5) is 0 Å². The molecule has 0 saturated carbocycles. The summed E-state index contributed by atoms with van der Waals surface area (Å²) in [6.07, 6.45) is 2.92. The fourth-order valence-corrected chi connectivity index (χ4v) is 3.59. The lowest BCUT2D eigenvalue weighted by atomic mass is 9.93. The van der Waals surface area contributed by atoms with Crippen molar-refractivity contribution in [3.05, 3.63) is 59.5 Å². The van der Waals surface area contributed by atoms with Crippen LogP contribution in [0.2, 0.25) is 0 Å². The summed E-state index contributed by atoms with van der Waals surface area (Å²) in [6, 6.07) is 10.9. The Morgan fingerprint density at radius 1 is 1.15 bits per heavy atom. The third kappa shape index (κ3) is 3.61. The lowest BCUT2D eigenvalue weighted by Gasteiger charge is -2.36. The highest BCUT2D eigenvalue weighted by Crippen LogP contribution is 2.25. The molecule has 3 heterocycles. The zero-order chi connectivity index (χ0) is 17.2. The average molecular weight is 376 g/mol. The number of rotatable bonds is 3. The van der Waals surface area contributed by atoms with Gasteiger partial charge in [-0.1, -0.05) is 24.3 Å². The van der Waals surface area contributed by atoms with E-state index < -0.39 is 6.04 Å². The van der Waals surface area contributed by atoms with Gasteiger partial charge in [-0.3, -0.25) is 9.59 Å². The van der Waals surface area contributed by atoms with Crippen molar-refractivity contribution in [1.82, 2.24) is 15.5 Å². The standard InChI is InChI=1S/C19H21N3O3.ClH/c23-18(21-15-7-8-20-11-15)16-10-13-4-1-2-5-14(13)12-22(16)19(24)17-6-3-9-25-17;/h1-6,9,15-16,20H,7-8,10-12H2,(H,21,23);1H. The van der Waals surface area contributed by atoms with Gasteiger partial charge in [-0.25, -0.2) is 0 Å². The Labute approximate surface area is 158 Å². The van der Waals surface area contributed by atoms with Crippen molar-refractivity contribution < 1.29 is 14.0 Å². The molecule has 6 nitrogen and oxygen atoms in total. The number of nitrogens with zero attached hydrogens (tertiary/aromatic N) is 1. The Morgan fingerprint density at radius 3 is 2.65 bits per heavy atom. The van der Waals surface area contributed by atoms with Gasteiger partial charge < -0.3 is 20.0 Å². The number of nitrogens with one attached hydrogen (secondary N) is 2. The van der Waals surface area contributed by atoms with E-state index in [0.717, 1.165) is 30.6 Å². The molecule has 26 heavy (non-hydrogen) atoms. The number of hydrogen-bond donors (Lipinski definition) is 2. The van der Waals surface area contributed by atoms with Gasteiger partial charge in [0.15, 0.2) is 5.76 Å². The molecule has 0 bridgehead atoms. The van der Waals surface area contributed by atoms with Gasteiger partial charge in [0.2, 0.25) is 5.91 Å². The molecule has 1 fully saturated rings. The Bertz CT molecular complexity index is 772. The second kappa shape index (κ2) is 7.93. The molecule has 2 aliphatic rings. The predicted molar refractivity (Wildman–Crippen MR) is 99.2 cm³/mol. The Kier molecular flexibility index (Phi) is 5.64. The van der Waals surface area contributed by atoms with Gasteiger partial charge in [-0.2, -0.15) is 0 Å². The van der Waals surface area contributed by atoms with E-state index in [2.05, 4.69) is 10.6 Å². The lowest BCUT2D eigenvalue weighted by molar-refractivity contribution is -0.126. The van der Waals surface area contributed by atoms with Crippen molar-refractivity contribution in [2.75, 3.05) is 13.1 Å². The molecule has 1 aromatic carbocycles. The van der Waals surface area contributed by atoms with Crippen molar-refractivity contribution >= 4 is 24.2 Å². The fourth-order valence-electron chi connectivity index (χ4n) is 3.59. The number of hydrogen-bond acceptors (Lipinski definition) is 4. The van der Waals surface area contributed by atoms with E-state index in [4.69, 9.17) is 4.42 Å². The maximum Gasteiger partial charge on any atom is 0.290 e. The van der Waals surface area contributed by atoms with E-state index >= 15 is 0 Å². The molecule has 1 saturated heterocycles. The van der Waals surface area contributed by atoms with Crippen LogP contribution >= 0.6 is 12.4 Å². The van der Waals surface area contributed by atoms with Gasteiger partial charge in [0.1, 0.15) is 6.04 Å². The number of carbonyl (C=O) groups excluding carboxylic acids is 2. The predicted octanol–water partition coefficient (Wildman–Crippen LogP) is 1.75. The molecule has 7 heteroatoms. The van der Waals surface area contributed by atoms with Gasteiger partial charge >= 0.3 is 0 Å². The van der Waals surface area contributed by atoms with Crippen LogP contribution in [0.15, 0.2) is 47.1 Å². The molecule has 1 aromatic heterocycles. The molecule has 2 aliphatic heterocycles. The van der Waals surface area contributed by atoms with Crippen molar-refractivity contribution in [1.29, 1.82) is 0 Å². The molecule has 0 spiro atoms. The van der Waals surface area contributed by atoms with Gasteiger partial charge in [0, 0.05) is 25.6 Å². The van der Waals surface area contributed by atoms with Crippen LogP contribution in [0.25, 0.3) is 0 Å². The van der Waals surface area contributed by atoms with Crippen LogP contribution in [0.3, 0.4) is 0 Å². The van der Waals surface area contributed by atoms with Gasteiger partial charge in [0.05, 0.1) is 6.26 Å². The molecule has 138 valence electrons. The van der Waals surface area contributed by atoms with E-state index in [9.17, 15) is 9.59 Å². The van der Waals surface area contributed by atoms with Crippen LogP contribution < -0.4 is 10.6 Å². The number of halogens is 1. The number of fused-ring (bicyclic) bond motifs is 1. The molecule has 2 unspecified atom stereocenters. The first-order valence-corrected chi connectivity index (χ1v) is 8.65. The summed E-state index contributed by atoms with van der Waals surface area (Å²) in [5.41, 5.74) is 2.20. The maximum absolute atomic E-state index is 12.9. The SMILES string of the molecule is Cl.O=C(NC1CCNC1)C1Cc2ccccc2CN1C(=O)c1ccco1. The Hall–Kier alpha value is -2.31. The topological polar surface area (TPSA) is 74.6 Å². The Morgan fingerprint density at radius 2 is 1.96 bits per heavy atom. The molecule has 2 N–H and O–H groups in total. The Balaban J connectivity index is 0.00000196. The summed E-state index contributed by atoms with van der Waals surface area (Å²) < 4.78 is 5.27. The zero-order valence-corrected chi connectivity index (χ0v) is 15.1.